The van der Waals surface area contributed by atoms with Crippen LogP contribution in [-0.2, 0) is 10.0 Å². The number of aryl methyl sites for hydroxylation is 1. The highest BCUT2D eigenvalue weighted by atomic mass is 79.9. The van der Waals surface area contributed by atoms with Gasteiger partial charge in [0.25, 0.3) is 10.0 Å². The molecule has 0 saturated heterocycles. The Hall–Kier alpha value is -1.79. The first-order valence-corrected chi connectivity index (χ1v) is 8.52. The number of aromatic nitrogens is 1. The molecule has 0 radical (unpaired) electrons. The number of anilines is 1. The van der Waals surface area contributed by atoms with Gasteiger partial charge in [0.2, 0.25) is 0 Å². The molecule has 0 saturated carbocycles. The molecule has 0 aliphatic carbocycles. The minimum absolute atomic E-state index is 0.244. The van der Waals surface area contributed by atoms with Crippen molar-refractivity contribution in [2.45, 2.75) is 11.8 Å². The lowest BCUT2D eigenvalue weighted by atomic mass is 10.2. The Kier molecular flexibility index (Phi) is 3.30. The molecule has 0 aliphatic heterocycles. The van der Waals surface area contributed by atoms with Gasteiger partial charge in [0.15, 0.2) is 0 Å². The number of nitrogens with two attached hydrogens (primary N) is 1. The summed E-state index contributed by atoms with van der Waals surface area (Å²) >= 11 is 3.32. The zero-order chi connectivity index (χ0) is 15.2. The average Bonchev–Trinajstić information content (AvgIpc) is 2.77. The predicted molar refractivity (Wildman–Crippen MR) is 87.8 cm³/mol. The van der Waals surface area contributed by atoms with Crippen LogP contribution in [-0.4, -0.2) is 12.4 Å². The molecule has 0 amide bonds. The van der Waals surface area contributed by atoms with Gasteiger partial charge in [-0.15, -0.1) is 0 Å². The molecule has 0 spiro atoms. The van der Waals surface area contributed by atoms with Crippen LogP contribution in [0, 0.1) is 6.92 Å². The molecule has 4 nitrogen and oxygen atoms in total. The standard InChI is InChI=1S/C15H13BrN2O2S/c1-10-5-7-11(8-6-10)21(19,20)18-14-4-2-3-13(17)12(14)9-15(18)16/h2-9H,17H2,1H3. The van der Waals surface area contributed by atoms with E-state index in [0.717, 1.165) is 5.56 Å². The van der Waals surface area contributed by atoms with Gasteiger partial charge in [-0.2, -0.15) is 0 Å². The van der Waals surface area contributed by atoms with Crippen LogP contribution < -0.4 is 5.73 Å². The van der Waals surface area contributed by atoms with Crippen molar-refractivity contribution in [1.82, 2.24) is 3.97 Å². The zero-order valence-electron chi connectivity index (χ0n) is 11.2. The molecule has 0 aliphatic rings. The Bertz CT molecular complexity index is 928. The summed E-state index contributed by atoms with van der Waals surface area (Å²) in [5.41, 5.74) is 8.03. The van der Waals surface area contributed by atoms with E-state index in [4.69, 9.17) is 5.73 Å². The Labute approximate surface area is 131 Å². The molecule has 0 bridgehead atoms. The smallest absolute Gasteiger partial charge is 0.269 e. The van der Waals surface area contributed by atoms with Crippen molar-refractivity contribution in [1.29, 1.82) is 0 Å². The van der Waals surface area contributed by atoms with Crippen LogP contribution in [0.15, 0.2) is 58.0 Å². The van der Waals surface area contributed by atoms with E-state index < -0.39 is 10.0 Å². The summed E-state index contributed by atoms with van der Waals surface area (Å²) in [6.45, 7) is 1.91. The van der Waals surface area contributed by atoms with Crippen molar-refractivity contribution in [2.24, 2.45) is 0 Å². The highest BCUT2D eigenvalue weighted by Crippen LogP contribution is 2.31. The zero-order valence-corrected chi connectivity index (χ0v) is 13.6. The number of nitrogen functional groups attached to an aromatic ring is 1. The quantitative estimate of drug-likeness (QED) is 0.707. The summed E-state index contributed by atoms with van der Waals surface area (Å²) in [6.07, 6.45) is 0. The van der Waals surface area contributed by atoms with Gasteiger partial charge in [0.05, 0.1) is 10.4 Å². The lowest BCUT2D eigenvalue weighted by Crippen LogP contribution is -2.13. The first kappa shape index (κ1) is 14.2. The first-order chi connectivity index (χ1) is 9.91. The molecule has 3 rings (SSSR count). The molecule has 0 atom stereocenters. The predicted octanol–water partition coefficient (Wildman–Crippen LogP) is 3.53. The van der Waals surface area contributed by atoms with Crippen LogP contribution in [0.25, 0.3) is 10.9 Å². The fourth-order valence-electron chi connectivity index (χ4n) is 2.26. The third-order valence-electron chi connectivity index (χ3n) is 3.35. The van der Waals surface area contributed by atoms with Crippen LogP contribution in [0.1, 0.15) is 5.56 Å². The maximum absolute atomic E-state index is 12.8. The summed E-state index contributed by atoms with van der Waals surface area (Å²) in [5.74, 6) is 0. The Balaban J connectivity index is 2.31. The normalized spacial score (nSPS) is 11.9. The van der Waals surface area contributed by atoms with Gasteiger partial charge in [-0.05, 0) is 53.2 Å². The number of halogens is 1. The average molecular weight is 365 g/mol. The third kappa shape index (κ3) is 2.24. The van der Waals surface area contributed by atoms with Gasteiger partial charge in [-0.25, -0.2) is 12.4 Å². The summed E-state index contributed by atoms with van der Waals surface area (Å²) in [7, 11) is -3.67. The molecule has 2 N–H and O–H groups in total. The fourth-order valence-corrected chi connectivity index (χ4v) is 4.64. The van der Waals surface area contributed by atoms with Gasteiger partial charge >= 0.3 is 0 Å². The maximum Gasteiger partial charge on any atom is 0.269 e. The second kappa shape index (κ2) is 4.89. The largest absolute Gasteiger partial charge is 0.398 e. The lowest BCUT2D eigenvalue weighted by molar-refractivity contribution is 0.588. The second-order valence-electron chi connectivity index (χ2n) is 4.83. The highest BCUT2D eigenvalue weighted by molar-refractivity contribution is 9.10. The highest BCUT2D eigenvalue weighted by Gasteiger charge is 2.22. The minimum atomic E-state index is -3.67. The van der Waals surface area contributed by atoms with Gasteiger partial charge in [-0.1, -0.05) is 23.8 Å². The third-order valence-corrected chi connectivity index (χ3v) is 5.91. The molecule has 1 heterocycles. The summed E-state index contributed by atoms with van der Waals surface area (Å²) in [6, 6.07) is 13.7. The van der Waals surface area contributed by atoms with Gasteiger partial charge in [0.1, 0.15) is 4.60 Å². The molecular weight excluding hydrogens is 352 g/mol. The Morgan fingerprint density at radius 1 is 1.10 bits per heavy atom. The van der Waals surface area contributed by atoms with Gasteiger partial charge in [0, 0.05) is 11.1 Å². The number of nitrogens with zero attached hydrogens (tertiary/aromatic N) is 1. The number of rotatable bonds is 2. The minimum Gasteiger partial charge on any atom is -0.398 e. The number of fused-ring (bicyclic) bond motifs is 1. The van der Waals surface area contributed by atoms with E-state index in [-0.39, 0.29) is 4.90 Å². The van der Waals surface area contributed by atoms with Gasteiger partial charge in [-0.3, -0.25) is 0 Å². The van der Waals surface area contributed by atoms with Crippen LogP contribution in [0.3, 0.4) is 0 Å². The van der Waals surface area contributed by atoms with E-state index in [1.165, 1.54) is 3.97 Å². The fraction of sp³-hybridized carbons (Fsp3) is 0.0667. The topological polar surface area (TPSA) is 65.1 Å². The monoisotopic (exact) mass is 364 g/mol. The maximum atomic E-state index is 12.8. The molecule has 108 valence electrons. The second-order valence-corrected chi connectivity index (χ2v) is 7.43. The molecular formula is C15H13BrN2O2S. The van der Waals surface area contributed by atoms with Crippen LogP contribution in [0.5, 0.6) is 0 Å². The summed E-state index contributed by atoms with van der Waals surface area (Å²) in [4.78, 5) is 0.244. The SMILES string of the molecule is Cc1ccc(S(=O)(=O)n2c(Br)cc3c(N)cccc32)cc1. The van der Waals surface area contributed by atoms with Crippen molar-refractivity contribution < 1.29 is 8.42 Å². The molecule has 6 heteroatoms. The molecule has 1 aromatic heterocycles. The number of hydrogen-bond acceptors (Lipinski definition) is 3. The molecule has 0 fully saturated rings. The van der Waals surface area contributed by atoms with Crippen LogP contribution in [0.2, 0.25) is 0 Å². The van der Waals surface area contributed by atoms with Crippen molar-refractivity contribution in [3.05, 3.63) is 58.7 Å². The van der Waals surface area contributed by atoms with Crippen molar-refractivity contribution in [3.63, 3.8) is 0 Å². The molecule has 21 heavy (non-hydrogen) atoms. The molecule has 3 aromatic rings. The van der Waals surface area contributed by atoms with E-state index in [1.807, 2.05) is 6.92 Å². The first-order valence-electron chi connectivity index (χ1n) is 6.29. The van der Waals surface area contributed by atoms with Crippen molar-refractivity contribution in [2.75, 3.05) is 5.73 Å². The van der Waals surface area contributed by atoms with E-state index >= 15 is 0 Å². The molecule has 0 unspecified atom stereocenters. The van der Waals surface area contributed by atoms with E-state index in [2.05, 4.69) is 15.9 Å². The van der Waals surface area contributed by atoms with E-state index in [1.54, 1.807) is 48.5 Å². The van der Waals surface area contributed by atoms with Crippen LogP contribution in [0.4, 0.5) is 5.69 Å². The summed E-state index contributed by atoms with van der Waals surface area (Å²) < 4.78 is 27.4. The summed E-state index contributed by atoms with van der Waals surface area (Å²) in [5, 5.41) is 0.708. The van der Waals surface area contributed by atoms with E-state index in [9.17, 15) is 8.42 Å². The molecule has 2 aromatic carbocycles. The van der Waals surface area contributed by atoms with Gasteiger partial charge < -0.3 is 5.73 Å². The Morgan fingerprint density at radius 2 is 1.76 bits per heavy atom. The Morgan fingerprint density at radius 3 is 2.43 bits per heavy atom. The lowest BCUT2D eigenvalue weighted by Gasteiger charge is -2.09. The number of hydrogen-bond donors (Lipinski definition) is 1. The van der Waals surface area contributed by atoms with E-state index in [0.29, 0.717) is 21.2 Å². The van der Waals surface area contributed by atoms with Crippen molar-refractivity contribution >= 4 is 42.5 Å². The van der Waals surface area contributed by atoms with Crippen LogP contribution >= 0.6 is 15.9 Å². The van der Waals surface area contributed by atoms with Crippen molar-refractivity contribution in [3.8, 4) is 0 Å². The number of benzene rings is 2.